The van der Waals surface area contributed by atoms with Gasteiger partial charge in [-0.15, -0.1) is 0 Å². The molecule has 2 nitrogen and oxygen atoms in total. The molecule has 1 aliphatic carbocycles. The van der Waals surface area contributed by atoms with Gasteiger partial charge >= 0.3 is 0 Å². The Hall–Kier alpha value is -1.57. The summed E-state index contributed by atoms with van der Waals surface area (Å²) in [6.07, 6.45) is 8.32. The van der Waals surface area contributed by atoms with Crippen LogP contribution in [0.5, 0.6) is 0 Å². The number of rotatable bonds is 2. The van der Waals surface area contributed by atoms with Gasteiger partial charge in [0.1, 0.15) is 0 Å². The van der Waals surface area contributed by atoms with E-state index in [4.69, 9.17) is 0 Å². The highest BCUT2D eigenvalue weighted by molar-refractivity contribution is 5.36. The fraction of sp³-hybridized carbons (Fsp3) is 0.250. The fourth-order valence-corrected chi connectivity index (χ4v) is 1.75. The molecule has 1 aromatic carbocycles. The van der Waals surface area contributed by atoms with Gasteiger partial charge in [-0.05, 0) is 36.5 Å². The van der Waals surface area contributed by atoms with Gasteiger partial charge in [-0.1, -0.05) is 12.1 Å². The minimum Gasteiger partial charge on any atom is -0.306 e. The Balaban J connectivity index is 1.93. The highest BCUT2D eigenvalue weighted by atomic mass is 15.0. The third-order valence-electron chi connectivity index (χ3n) is 2.74. The summed E-state index contributed by atoms with van der Waals surface area (Å²) in [5, 5.41) is 0. The molecule has 1 saturated carbocycles. The summed E-state index contributed by atoms with van der Waals surface area (Å²) in [7, 11) is 0. The third-order valence-corrected chi connectivity index (χ3v) is 2.74. The van der Waals surface area contributed by atoms with Crippen molar-refractivity contribution in [1.29, 1.82) is 0 Å². The van der Waals surface area contributed by atoms with Crippen molar-refractivity contribution in [1.82, 2.24) is 9.55 Å². The van der Waals surface area contributed by atoms with E-state index < -0.39 is 0 Å². The molecule has 1 aliphatic rings. The molecule has 3 rings (SSSR count). The Labute approximate surface area is 83.2 Å². The second-order valence-electron chi connectivity index (χ2n) is 3.84. The van der Waals surface area contributed by atoms with Crippen LogP contribution in [0, 0.1) is 0 Å². The number of hydrogen-bond donors (Lipinski definition) is 0. The van der Waals surface area contributed by atoms with E-state index in [-0.39, 0.29) is 0 Å². The van der Waals surface area contributed by atoms with E-state index in [0.717, 1.165) is 5.92 Å². The summed E-state index contributed by atoms with van der Waals surface area (Å²) < 4.78 is 2.02. The van der Waals surface area contributed by atoms with Crippen LogP contribution in [0.2, 0.25) is 0 Å². The molecule has 14 heavy (non-hydrogen) atoms. The zero-order valence-corrected chi connectivity index (χ0v) is 7.93. The molecule has 0 saturated heterocycles. The van der Waals surface area contributed by atoms with Crippen molar-refractivity contribution in [2.45, 2.75) is 18.8 Å². The summed E-state index contributed by atoms with van der Waals surface area (Å²) in [5.41, 5.74) is 2.67. The highest BCUT2D eigenvalue weighted by Crippen LogP contribution is 2.39. The second-order valence-corrected chi connectivity index (χ2v) is 3.84. The van der Waals surface area contributed by atoms with Gasteiger partial charge in [0, 0.05) is 18.1 Å². The molecule has 70 valence electrons. The van der Waals surface area contributed by atoms with Gasteiger partial charge in [-0.2, -0.15) is 0 Å². The first-order chi connectivity index (χ1) is 6.93. The van der Waals surface area contributed by atoms with Crippen molar-refractivity contribution in [3.05, 3.63) is 48.5 Å². The van der Waals surface area contributed by atoms with Crippen molar-refractivity contribution in [3.63, 3.8) is 0 Å². The van der Waals surface area contributed by atoms with Gasteiger partial charge in [0.2, 0.25) is 0 Å². The number of benzene rings is 1. The molecule has 0 radical (unpaired) electrons. The summed E-state index contributed by atoms with van der Waals surface area (Å²) >= 11 is 0. The molecule has 0 aliphatic heterocycles. The summed E-state index contributed by atoms with van der Waals surface area (Å²) in [4.78, 5) is 4.03. The lowest BCUT2D eigenvalue weighted by molar-refractivity contribution is 1.05. The fourth-order valence-electron chi connectivity index (χ4n) is 1.75. The largest absolute Gasteiger partial charge is 0.306 e. The highest BCUT2D eigenvalue weighted by Gasteiger charge is 2.22. The molecule has 2 heteroatoms. The van der Waals surface area contributed by atoms with Crippen LogP contribution in [0.15, 0.2) is 43.0 Å². The van der Waals surface area contributed by atoms with Crippen LogP contribution in [0.1, 0.15) is 24.3 Å². The molecule has 1 aromatic heterocycles. The number of hydrogen-bond acceptors (Lipinski definition) is 1. The van der Waals surface area contributed by atoms with Crippen LogP contribution in [0.4, 0.5) is 0 Å². The first-order valence-electron chi connectivity index (χ1n) is 5.02. The molecule has 0 spiro atoms. The number of imidazole rings is 1. The van der Waals surface area contributed by atoms with Crippen molar-refractivity contribution in [2.75, 3.05) is 0 Å². The zero-order valence-electron chi connectivity index (χ0n) is 7.93. The normalized spacial score (nSPS) is 15.7. The Morgan fingerprint density at radius 1 is 1.14 bits per heavy atom. The van der Waals surface area contributed by atoms with Crippen molar-refractivity contribution in [3.8, 4) is 5.69 Å². The Morgan fingerprint density at radius 3 is 2.50 bits per heavy atom. The van der Waals surface area contributed by atoms with E-state index >= 15 is 0 Å². The first-order valence-corrected chi connectivity index (χ1v) is 5.02. The van der Waals surface area contributed by atoms with E-state index in [2.05, 4.69) is 29.2 Å². The zero-order chi connectivity index (χ0) is 9.38. The topological polar surface area (TPSA) is 17.8 Å². The van der Waals surface area contributed by atoms with Crippen molar-refractivity contribution in [2.24, 2.45) is 0 Å². The molecule has 0 N–H and O–H groups in total. The van der Waals surface area contributed by atoms with Crippen LogP contribution >= 0.6 is 0 Å². The molecular formula is C12H12N2. The Morgan fingerprint density at radius 2 is 1.93 bits per heavy atom. The van der Waals surface area contributed by atoms with Gasteiger partial charge < -0.3 is 4.57 Å². The molecule has 1 fully saturated rings. The maximum absolute atomic E-state index is 4.03. The second kappa shape index (κ2) is 2.98. The predicted octanol–water partition coefficient (Wildman–Crippen LogP) is 2.75. The molecule has 0 amide bonds. The van der Waals surface area contributed by atoms with Crippen LogP contribution in [-0.2, 0) is 0 Å². The Kier molecular flexibility index (Phi) is 1.66. The average molecular weight is 184 g/mol. The molecular weight excluding hydrogens is 172 g/mol. The third kappa shape index (κ3) is 1.33. The standard InChI is InChI=1S/C12H12N2/c1-2-10(1)11-3-5-12(6-4-11)14-8-7-13-9-14/h3-10H,1-2H2. The maximum Gasteiger partial charge on any atom is 0.0991 e. The van der Waals surface area contributed by atoms with E-state index in [1.54, 1.807) is 6.20 Å². The molecule has 0 atom stereocenters. The monoisotopic (exact) mass is 184 g/mol. The lowest BCUT2D eigenvalue weighted by Crippen LogP contribution is -1.89. The van der Waals surface area contributed by atoms with Gasteiger partial charge in [0.25, 0.3) is 0 Å². The molecule has 1 heterocycles. The molecule has 0 bridgehead atoms. The van der Waals surface area contributed by atoms with Gasteiger partial charge in [-0.3, -0.25) is 0 Å². The average Bonchev–Trinajstić information content (AvgIpc) is 2.94. The molecule has 2 aromatic rings. The van der Waals surface area contributed by atoms with Crippen LogP contribution < -0.4 is 0 Å². The van der Waals surface area contributed by atoms with Crippen molar-refractivity contribution < 1.29 is 0 Å². The van der Waals surface area contributed by atoms with Gasteiger partial charge in [0.05, 0.1) is 6.33 Å². The van der Waals surface area contributed by atoms with Crippen LogP contribution in [0.3, 0.4) is 0 Å². The number of nitrogens with zero attached hydrogens (tertiary/aromatic N) is 2. The minimum absolute atomic E-state index is 0.840. The smallest absolute Gasteiger partial charge is 0.0991 e. The van der Waals surface area contributed by atoms with E-state index in [9.17, 15) is 0 Å². The van der Waals surface area contributed by atoms with E-state index in [1.165, 1.54) is 24.1 Å². The van der Waals surface area contributed by atoms with Crippen LogP contribution in [-0.4, -0.2) is 9.55 Å². The van der Waals surface area contributed by atoms with Crippen LogP contribution in [0.25, 0.3) is 5.69 Å². The summed E-state index contributed by atoms with van der Waals surface area (Å²) in [6, 6.07) is 8.78. The van der Waals surface area contributed by atoms with Gasteiger partial charge in [0.15, 0.2) is 0 Å². The Bertz CT molecular complexity index is 410. The SMILES string of the molecule is c1cn(-c2ccc(C3CC3)cc2)cn1. The van der Waals surface area contributed by atoms with Crippen molar-refractivity contribution >= 4 is 0 Å². The molecule has 0 unspecified atom stereocenters. The summed E-state index contributed by atoms with van der Waals surface area (Å²) in [6.45, 7) is 0. The van der Waals surface area contributed by atoms with E-state index in [1.807, 2.05) is 17.1 Å². The summed E-state index contributed by atoms with van der Waals surface area (Å²) in [5.74, 6) is 0.840. The number of aromatic nitrogens is 2. The maximum atomic E-state index is 4.03. The van der Waals surface area contributed by atoms with Gasteiger partial charge in [-0.25, -0.2) is 4.98 Å². The first kappa shape index (κ1) is 7.80. The lowest BCUT2D eigenvalue weighted by Gasteiger charge is -2.03. The minimum atomic E-state index is 0.840. The van der Waals surface area contributed by atoms with E-state index in [0.29, 0.717) is 0 Å². The lowest BCUT2D eigenvalue weighted by atomic mass is 10.1. The quantitative estimate of drug-likeness (QED) is 0.701. The predicted molar refractivity (Wildman–Crippen MR) is 55.5 cm³/mol.